The Hall–Kier alpha value is -2.01. The summed E-state index contributed by atoms with van der Waals surface area (Å²) < 4.78 is 0. The lowest BCUT2D eigenvalue weighted by atomic mass is 10.1. The number of carbonyl (C=O) groups excluding carboxylic acids is 2. The largest absolute Gasteiger partial charge is 0.382 e. The van der Waals surface area contributed by atoms with Crippen molar-refractivity contribution in [3.8, 4) is 10.4 Å². The highest BCUT2D eigenvalue weighted by atomic mass is 32.1. The second-order valence-corrected chi connectivity index (χ2v) is 3.79. The summed E-state index contributed by atoms with van der Waals surface area (Å²) in [6, 6.07) is 8.29. The van der Waals surface area contributed by atoms with Crippen LogP contribution in [0.5, 0.6) is 0 Å². The molecule has 1 heterocycles. The molecule has 2 rings (SSSR count). The number of nitrogens with two attached hydrogens (primary N) is 1. The molecule has 0 fully saturated rings. The summed E-state index contributed by atoms with van der Waals surface area (Å²) >= 11 is 1.57. The van der Waals surface area contributed by atoms with Crippen molar-refractivity contribution in [2.45, 2.75) is 20.8 Å². The molecule has 5 heteroatoms. The molecule has 104 valence electrons. The molecule has 2 N–H and O–H groups in total. The minimum atomic E-state index is 0.619. The summed E-state index contributed by atoms with van der Waals surface area (Å²) in [4.78, 5) is 21.1. The van der Waals surface area contributed by atoms with E-state index in [-0.39, 0.29) is 0 Å². The topological polar surface area (TPSA) is 73.0 Å². The first-order valence-corrected chi connectivity index (χ1v) is 6.49. The van der Waals surface area contributed by atoms with Crippen LogP contribution in [0.15, 0.2) is 29.8 Å². The minimum Gasteiger partial charge on any atom is -0.382 e. The zero-order chi connectivity index (χ0) is 15.3. The zero-order valence-electron chi connectivity index (χ0n) is 11.6. The molecule has 2 aromatic rings. The van der Waals surface area contributed by atoms with Crippen molar-refractivity contribution in [3.63, 3.8) is 0 Å². The number of carbonyl (C=O) groups is 2. The molecule has 0 atom stereocenters. The van der Waals surface area contributed by atoms with Crippen LogP contribution in [-0.2, 0) is 9.59 Å². The summed E-state index contributed by atoms with van der Waals surface area (Å²) in [7, 11) is 0. The van der Waals surface area contributed by atoms with Gasteiger partial charge < -0.3 is 15.3 Å². The molecular weight excluding hydrogens is 260 g/mol. The molecule has 0 aliphatic rings. The molecule has 0 saturated heterocycles. The van der Waals surface area contributed by atoms with Crippen molar-refractivity contribution in [3.05, 3.63) is 35.3 Å². The Bertz CT molecular complexity index is 439. The fourth-order valence-corrected chi connectivity index (χ4v) is 1.89. The van der Waals surface area contributed by atoms with E-state index in [1.807, 2.05) is 27.4 Å². The molecule has 0 radical (unpaired) electrons. The number of hydrogen-bond donors (Lipinski definition) is 1. The SMILES string of the molecule is C=O.C=O.CC.Cc1ccc(-c2scnc2N)cc1. The Balaban J connectivity index is 0. The predicted molar refractivity (Wildman–Crippen MR) is 82.3 cm³/mol. The van der Waals surface area contributed by atoms with Gasteiger partial charge in [-0.3, -0.25) is 0 Å². The maximum atomic E-state index is 8.00. The molecule has 0 aliphatic carbocycles. The molecule has 19 heavy (non-hydrogen) atoms. The normalized spacial score (nSPS) is 7.74. The number of thiazole rings is 1. The fourth-order valence-electron chi connectivity index (χ4n) is 1.18. The Labute approximate surface area is 118 Å². The quantitative estimate of drug-likeness (QED) is 0.869. The lowest BCUT2D eigenvalue weighted by molar-refractivity contribution is -0.0987. The van der Waals surface area contributed by atoms with E-state index in [0.29, 0.717) is 5.82 Å². The number of anilines is 1. The van der Waals surface area contributed by atoms with Crippen LogP contribution in [0.1, 0.15) is 19.4 Å². The number of nitrogen functional groups attached to an aromatic ring is 1. The molecule has 1 aromatic heterocycles. The van der Waals surface area contributed by atoms with E-state index in [0.717, 1.165) is 10.4 Å². The summed E-state index contributed by atoms with van der Waals surface area (Å²) in [5.74, 6) is 0.619. The van der Waals surface area contributed by atoms with Gasteiger partial charge in [-0.2, -0.15) is 0 Å². The van der Waals surface area contributed by atoms with Gasteiger partial charge in [-0.25, -0.2) is 4.98 Å². The predicted octanol–water partition coefficient (Wildman–Crippen LogP) is 3.36. The van der Waals surface area contributed by atoms with Crippen LogP contribution in [0, 0.1) is 6.92 Å². The number of aromatic nitrogens is 1. The van der Waals surface area contributed by atoms with E-state index in [9.17, 15) is 0 Å². The molecule has 4 nitrogen and oxygen atoms in total. The van der Waals surface area contributed by atoms with Gasteiger partial charge in [0.15, 0.2) is 0 Å². The summed E-state index contributed by atoms with van der Waals surface area (Å²) in [5, 5.41) is 0. The monoisotopic (exact) mass is 280 g/mol. The molecule has 0 amide bonds. The van der Waals surface area contributed by atoms with Crippen LogP contribution < -0.4 is 5.73 Å². The third kappa shape index (κ3) is 6.47. The van der Waals surface area contributed by atoms with Gasteiger partial charge in [-0.1, -0.05) is 43.7 Å². The van der Waals surface area contributed by atoms with Crippen LogP contribution in [0.25, 0.3) is 10.4 Å². The first kappa shape index (κ1) is 19.3. The Morgan fingerprint density at radius 3 is 1.89 bits per heavy atom. The van der Waals surface area contributed by atoms with Crippen LogP contribution in [-0.4, -0.2) is 18.6 Å². The average molecular weight is 280 g/mol. The van der Waals surface area contributed by atoms with Gasteiger partial charge >= 0.3 is 0 Å². The van der Waals surface area contributed by atoms with E-state index in [2.05, 4.69) is 36.2 Å². The van der Waals surface area contributed by atoms with E-state index in [1.165, 1.54) is 5.56 Å². The van der Waals surface area contributed by atoms with Crippen LogP contribution in [0.3, 0.4) is 0 Å². The first-order valence-electron chi connectivity index (χ1n) is 5.61. The smallest absolute Gasteiger partial charge is 0.142 e. The Morgan fingerprint density at radius 1 is 1.05 bits per heavy atom. The maximum absolute atomic E-state index is 8.00. The third-order valence-electron chi connectivity index (χ3n) is 1.91. The summed E-state index contributed by atoms with van der Waals surface area (Å²) in [6.07, 6.45) is 0. The number of benzene rings is 1. The van der Waals surface area contributed by atoms with Gasteiger partial charge in [-0.15, -0.1) is 11.3 Å². The lowest BCUT2D eigenvalue weighted by Crippen LogP contribution is -1.86. The van der Waals surface area contributed by atoms with Crippen LogP contribution in [0.4, 0.5) is 5.82 Å². The molecule has 1 aromatic carbocycles. The highest BCUT2D eigenvalue weighted by Crippen LogP contribution is 2.29. The molecular formula is C14H20N2O2S. The van der Waals surface area contributed by atoms with E-state index < -0.39 is 0 Å². The molecule has 0 bridgehead atoms. The van der Waals surface area contributed by atoms with E-state index in [1.54, 1.807) is 16.8 Å². The van der Waals surface area contributed by atoms with Gasteiger partial charge in [-0.05, 0) is 12.5 Å². The van der Waals surface area contributed by atoms with Crippen molar-refractivity contribution in [2.75, 3.05) is 5.73 Å². The van der Waals surface area contributed by atoms with Gasteiger partial charge in [0.2, 0.25) is 0 Å². The van der Waals surface area contributed by atoms with Crippen molar-refractivity contribution in [2.24, 2.45) is 0 Å². The Morgan fingerprint density at radius 2 is 1.53 bits per heavy atom. The van der Waals surface area contributed by atoms with E-state index >= 15 is 0 Å². The van der Waals surface area contributed by atoms with Gasteiger partial charge in [0.25, 0.3) is 0 Å². The second kappa shape index (κ2) is 12.4. The van der Waals surface area contributed by atoms with Crippen molar-refractivity contribution in [1.82, 2.24) is 4.98 Å². The number of aryl methyl sites for hydroxylation is 1. The van der Waals surface area contributed by atoms with Gasteiger partial charge in [0.05, 0.1) is 10.4 Å². The average Bonchev–Trinajstić information content (AvgIpc) is 2.92. The number of hydrogen-bond acceptors (Lipinski definition) is 5. The lowest BCUT2D eigenvalue weighted by Gasteiger charge is -1.98. The van der Waals surface area contributed by atoms with Crippen LogP contribution >= 0.6 is 11.3 Å². The summed E-state index contributed by atoms with van der Waals surface area (Å²) in [5.41, 5.74) is 9.88. The molecule has 0 unspecified atom stereocenters. The minimum absolute atomic E-state index is 0.619. The Kier molecular flexibility index (Phi) is 12.7. The molecule has 0 saturated carbocycles. The van der Waals surface area contributed by atoms with Gasteiger partial charge in [0, 0.05) is 0 Å². The highest BCUT2D eigenvalue weighted by molar-refractivity contribution is 7.13. The fraction of sp³-hybridized carbons (Fsp3) is 0.214. The zero-order valence-corrected chi connectivity index (χ0v) is 12.4. The number of nitrogens with zero attached hydrogens (tertiary/aromatic N) is 1. The van der Waals surface area contributed by atoms with Crippen molar-refractivity contribution < 1.29 is 9.59 Å². The van der Waals surface area contributed by atoms with Crippen LogP contribution in [0.2, 0.25) is 0 Å². The second-order valence-electron chi connectivity index (χ2n) is 2.93. The maximum Gasteiger partial charge on any atom is 0.142 e. The van der Waals surface area contributed by atoms with Crippen molar-refractivity contribution >= 4 is 30.7 Å². The highest BCUT2D eigenvalue weighted by Gasteiger charge is 2.03. The standard InChI is InChI=1S/C10H10N2S.C2H6.2CH2O/c1-7-2-4-8(5-3-7)9-10(11)12-6-13-9;3*1-2/h2-6H,11H2,1H3;1-2H3;2*1H2. The van der Waals surface area contributed by atoms with Crippen molar-refractivity contribution in [1.29, 1.82) is 0 Å². The summed E-state index contributed by atoms with van der Waals surface area (Å²) in [6.45, 7) is 10.1. The molecule has 0 aliphatic heterocycles. The number of rotatable bonds is 1. The third-order valence-corrected chi connectivity index (χ3v) is 2.80. The van der Waals surface area contributed by atoms with E-state index in [4.69, 9.17) is 15.3 Å². The first-order chi connectivity index (χ1) is 9.27. The van der Waals surface area contributed by atoms with Gasteiger partial charge in [0.1, 0.15) is 19.4 Å². The molecule has 0 spiro atoms.